The fourth-order valence-corrected chi connectivity index (χ4v) is 3.36. The summed E-state index contributed by atoms with van der Waals surface area (Å²) >= 11 is 0. The number of piperidine rings is 1. The van der Waals surface area contributed by atoms with Crippen molar-refractivity contribution in [2.24, 2.45) is 5.92 Å². The first-order chi connectivity index (χ1) is 9.67. The van der Waals surface area contributed by atoms with Gasteiger partial charge in [-0.2, -0.15) is 5.10 Å². The molecule has 4 nitrogen and oxygen atoms in total. The van der Waals surface area contributed by atoms with Crippen molar-refractivity contribution in [3.63, 3.8) is 0 Å². The predicted molar refractivity (Wildman–Crippen MR) is 83.8 cm³/mol. The van der Waals surface area contributed by atoms with Gasteiger partial charge in [0.15, 0.2) is 0 Å². The Bertz CT molecular complexity index is 397. The fourth-order valence-electron chi connectivity index (χ4n) is 3.36. The third-order valence-corrected chi connectivity index (χ3v) is 4.73. The van der Waals surface area contributed by atoms with Crippen molar-refractivity contribution in [1.29, 1.82) is 0 Å². The molecule has 4 heteroatoms. The number of hydrogen-bond acceptors (Lipinski definition) is 3. The van der Waals surface area contributed by atoms with Gasteiger partial charge in [-0.1, -0.05) is 20.8 Å². The number of rotatable bonds is 6. The number of nitrogens with one attached hydrogen (secondary N) is 1. The quantitative estimate of drug-likeness (QED) is 0.868. The largest absolute Gasteiger partial charge is 0.317 e. The van der Waals surface area contributed by atoms with Gasteiger partial charge in [-0.25, -0.2) is 0 Å². The van der Waals surface area contributed by atoms with E-state index in [4.69, 9.17) is 5.10 Å². The highest BCUT2D eigenvalue weighted by Gasteiger charge is 2.25. The van der Waals surface area contributed by atoms with Gasteiger partial charge < -0.3 is 5.32 Å². The number of likely N-dealkylation sites (tertiary alicyclic amines) is 1. The van der Waals surface area contributed by atoms with Gasteiger partial charge in [0.25, 0.3) is 0 Å². The van der Waals surface area contributed by atoms with Gasteiger partial charge in [-0.3, -0.25) is 9.58 Å². The molecule has 1 aromatic rings. The van der Waals surface area contributed by atoms with Crippen LogP contribution in [0, 0.1) is 5.92 Å². The molecule has 1 aliphatic heterocycles. The summed E-state index contributed by atoms with van der Waals surface area (Å²) in [6.45, 7) is 10.2. The minimum absolute atomic E-state index is 0.553. The molecule has 0 radical (unpaired) electrons. The van der Waals surface area contributed by atoms with Gasteiger partial charge in [-0.15, -0.1) is 0 Å². The van der Waals surface area contributed by atoms with E-state index in [-0.39, 0.29) is 0 Å². The average molecular weight is 278 g/mol. The van der Waals surface area contributed by atoms with Gasteiger partial charge in [-0.05, 0) is 38.3 Å². The van der Waals surface area contributed by atoms with Gasteiger partial charge in [0, 0.05) is 31.9 Å². The smallest absolute Gasteiger partial charge is 0.0764 e. The summed E-state index contributed by atoms with van der Waals surface area (Å²) in [6.07, 6.45) is 5.70. The highest BCUT2D eigenvalue weighted by molar-refractivity contribution is 5.00. The summed E-state index contributed by atoms with van der Waals surface area (Å²) in [5, 5.41) is 8.20. The zero-order chi connectivity index (χ0) is 14.5. The third-order valence-electron chi connectivity index (χ3n) is 4.73. The van der Waals surface area contributed by atoms with E-state index in [9.17, 15) is 0 Å². The van der Waals surface area contributed by atoms with Crippen molar-refractivity contribution in [3.05, 3.63) is 18.0 Å². The van der Waals surface area contributed by atoms with E-state index < -0.39 is 0 Å². The second kappa shape index (κ2) is 7.23. The monoisotopic (exact) mass is 278 g/mol. The lowest BCUT2D eigenvalue weighted by Gasteiger charge is -2.36. The summed E-state index contributed by atoms with van der Waals surface area (Å²) in [6, 6.07) is 3.42. The summed E-state index contributed by atoms with van der Waals surface area (Å²) < 4.78 is 2.15. The van der Waals surface area contributed by atoms with Crippen molar-refractivity contribution >= 4 is 0 Å². The van der Waals surface area contributed by atoms with Crippen LogP contribution in [0.4, 0.5) is 0 Å². The highest BCUT2D eigenvalue weighted by atomic mass is 15.3. The van der Waals surface area contributed by atoms with Crippen LogP contribution in [0.1, 0.15) is 51.8 Å². The van der Waals surface area contributed by atoms with Crippen molar-refractivity contribution < 1.29 is 0 Å². The van der Waals surface area contributed by atoms with Crippen molar-refractivity contribution in [3.8, 4) is 0 Å². The van der Waals surface area contributed by atoms with E-state index in [1.54, 1.807) is 0 Å². The van der Waals surface area contributed by atoms with Crippen LogP contribution in [-0.4, -0.2) is 40.9 Å². The molecule has 0 saturated carbocycles. The van der Waals surface area contributed by atoms with Crippen molar-refractivity contribution in [1.82, 2.24) is 20.0 Å². The van der Waals surface area contributed by atoms with Gasteiger partial charge in [0.2, 0.25) is 0 Å². The van der Waals surface area contributed by atoms with Crippen LogP contribution in [-0.2, 0) is 6.54 Å². The molecule has 2 unspecified atom stereocenters. The third kappa shape index (κ3) is 3.61. The molecular weight excluding hydrogens is 248 g/mol. The molecule has 2 heterocycles. The molecular formula is C16H30N4. The zero-order valence-electron chi connectivity index (χ0n) is 13.5. The van der Waals surface area contributed by atoms with Crippen molar-refractivity contribution in [2.45, 2.75) is 58.7 Å². The molecule has 0 amide bonds. The Hall–Kier alpha value is -0.870. The first-order valence-corrected chi connectivity index (χ1v) is 8.11. The SMILES string of the molecule is CCC(CC)n1ccc(CN2CCC(NC)C(C)C2)n1. The standard InChI is InChI=1S/C16H30N4/c1-5-15(6-2)20-10-7-14(18-20)12-19-9-8-16(17-4)13(3)11-19/h7,10,13,15-17H,5-6,8-9,11-12H2,1-4H3. The van der Waals surface area contributed by atoms with E-state index in [2.05, 4.69) is 55.0 Å². The molecule has 20 heavy (non-hydrogen) atoms. The van der Waals surface area contributed by atoms with E-state index in [0.29, 0.717) is 12.1 Å². The fraction of sp³-hybridized carbons (Fsp3) is 0.812. The summed E-state index contributed by atoms with van der Waals surface area (Å²) in [5.74, 6) is 0.717. The van der Waals surface area contributed by atoms with E-state index >= 15 is 0 Å². The Labute approximate surface area is 123 Å². The molecule has 114 valence electrons. The molecule has 1 saturated heterocycles. The Kier molecular flexibility index (Phi) is 5.61. The molecule has 0 aromatic carbocycles. The molecule has 0 bridgehead atoms. The van der Waals surface area contributed by atoms with Gasteiger partial charge in [0.1, 0.15) is 0 Å². The van der Waals surface area contributed by atoms with Gasteiger partial charge >= 0.3 is 0 Å². The second-order valence-electron chi connectivity index (χ2n) is 6.15. The normalized spacial score (nSPS) is 24.4. The molecule has 2 atom stereocenters. The maximum absolute atomic E-state index is 4.77. The molecule has 0 spiro atoms. The summed E-state index contributed by atoms with van der Waals surface area (Å²) in [5.41, 5.74) is 1.21. The van der Waals surface area contributed by atoms with E-state index in [1.807, 2.05) is 0 Å². The molecule has 1 fully saturated rings. The highest BCUT2D eigenvalue weighted by Crippen LogP contribution is 2.19. The van der Waals surface area contributed by atoms with E-state index in [1.165, 1.54) is 25.2 Å². The molecule has 1 aliphatic rings. The van der Waals surface area contributed by atoms with Crippen LogP contribution in [0.5, 0.6) is 0 Å². The average Bonchev–Trinajstić information content (AvgIpc) is 2.89. The maximum Gasteiger partial charge on any atom is 0.0764 e. The van der Waals surface area contributed by atoms with Crippen LogP contribution >= 0.6 is 0 Å². The van der Waals surface area contributed by atoms with Gasteiger partial charge in [0.05, 0.1) is 11.7 Å². The Balaban J connectivity index is 1.91. The summed E-state index contributed by atoms with van der Waals surface area (Å²) in [7, 11) is 2.08. The minimum Gasteiger partial charge on any atom is -0.317 e. The second-order valence-corrected chi connectivity index (χ2v) is 6.15. The van der Waals surface area contributed by atoms with E-state index in [0.717, 1.165) is 25.3 Å². The molecule has 1 N–H and O–H groups in total. The molecule has 2 rings (SSSR count). The number of hydrogen-bond donors (Lipinski definition) is 1. The van der Waals surface area contributed by atoms with Crippen LogP contribution < -0.4 is 5.32 Å². The lowest BCUT2D eigenvalue weighted by Crippen LogP contribution is -2.46. The van der Waals surface area contributed by atoms with Crippen LogP contribution in [0.15, 0.2) is 12.3 Å². The lowest BCUT2D eigenvalue weighted by molar-refractivity contribution is 0.143. The molecule has 0 aliphatic carbocycles. The lowest BCUT2D eigenvalue weighted by atomic mass is 9.94. The molecule has 1 aromatic heterocycles. The van der Waals surface area contributed by atoms with Crippen molar-refractivity contribution in [2.75, 3.05) is 20.1 Å². The number of nitrogens with zero attached hydrogens (tertiary/aromatic N) is 3. The van der Waals surface area contributed by atoms with Crippen LogP contribution in [0.2, 0.25) is 0 Å². The minimum atomic E-state index is 0.553. The first kappa shape index (κ1) is 15.5. The van der Waals surface area contributed by atoms with Crippen LogP contribution in [0.25, 0.3) is 0 Å². The Morgan fingerprint density at radius 1 is 1.40 bits per heavy atom. The zero-order valence-corrected chi connectivity index (χ0v) is 13.5. The summed E-state index contributed by atoms with van der Waals surface area (Å²) in [4.78, 5) is 2.54. The predicted octanol–water partition coefficient (Wildman–Crippen LogP) is 2.67. The Morgan fingerprint density at radius 2 is 2.15 bits per heavy atom. The first-order valence-electron chi connectivity index (χ1n) is 8.11. The maximum atomic E-state index is 4.77. The Morgan fingerprint density at radius 3 is 2.75 bits per heavy atom. The topological polar surface area (TPSA) is 33.1 Å². The van der Waals surface area contributed by atoms with Crippen LogP contribution in [0.3, 0.4) is 0 Å². The number of aromatic nitrogens is 2.